The molecule has 0 aliphatic heterocycles. The summed E-state index contributed by atoms with van der Waals surface area (Å²) in [4.78, 5) is 0. The molecule has 80 valence electrons. The third-order valence-electron chi connectivity index (χ3n) is 2.56. The second kappa shape index (κ2) is 5.83. The fourth-order valence-corrected chi connectivity index (χ4v) is 1.23. The first-order valence-electron chi connectivity index (χ1n) is 5.14. The summed E-state index contributed by atoms with van der Waals surface area (Å²) < 4.78 is 4.94. The van der Waals surface area contributed by atoms with Crippen molar-refractivity contribution in [2.24, 2.45) is 5.92 Å². The molecule has 0 radical (unpaired) electrons. The molecule has 0 amide bonds. The van der Waals surface area contributed by atoms with E-state index >= 15 is 0 Å². The Morgan fingerprint density at radius 3 is 2.93 bits per heavy atom. The summed E-state index contributed by atoms with van der Waals surface area (Å²) in [6.45, 7) is 5.54. The molecule has 0 aliphatic carbocycles. The maximum Gasteiger partial charge on any atom is 0.0947 e. The number of hydrogen-bond donors (Lipinski definition) is 2. The monoisotopic (exact) mass is 197 g/mol. The summed E-state index contributed by atoms with van der Waals surface area (Å²) in [5.41, 5.74) is 1.11. The topological polar surface area (TPSA) is 45.4 Å². The molecule has 2 N–H and O–H groups in total. The van der Waals surface area contributed by atoms with Crippen LogP contribution in [-0.4, -0.2) is 17.8 Å². The molecule has 0 saturated heterocycles. The lowest BCUT2D eigenvalue weighted by atomic mass is 10.0. The van der Waals surface area contributed by atoms with E-state index in [1.165, 1.54) is 0 Å². The number of nitrogens with one attached hydrogen (secondary N) is 1. The highest BCUT2D eigenvalue weighted by atomic mass is 16.3. The van der Waals surface area contributed by atoms with E-state index in [2.05, 4.69) is 19.2 Å². The molecule has 14 heavy (non-hydrogen) atoms. The quantitative estimate of drug-likeness (QED) is 0.730. The Labute approximate surface area is 85.1 Å². The van der Waals surface area contributed by atoms with Gasteiger partial charge in [0.25, 0.3) is 0 Å². The Bertz CT molecular complexity index is 233. The molecular formula is C11H19NO2. The minimum Gasteiger partial charge on any atom is -0.472 e. The van der Waals surface area contributed by atoms with Crippen molar-refractivity contribution in [1.29, 1.82) is 0 Å². The summed E-state index contributed by atoms with van der Waals surface area (Å²) >= 11 is 0. The van der Waals surface area contributed by atoms with Crippen molar-refractivity contribution >= 4 is 0 Å². The van der Waals surface area contributed by atoms with Crippen molar-refractivity contribution in [2.45, 2.75) is 32.9 Å². The molecule has 0 fully saturated rings. The van der Waals surface area contributed by atoms with Crippen molar-refractivity contribution in [3.8, 4) is 0 Å². The van der Waals surface area contributed by atoms with Gasteiger partial charge in [0.05, 0.1) is 18.6 Å². The Morgan fingerprint density at radius 2 is 2.36 bits per heavy atom. The molecular weight excluding hydrogens is 178 g/mol. The van der Waals surface area contributed by atoms with Gasteiger partial charge in [-0.25, -0.2) is 0 Å². The average Bonchev–Trinajstić information content (AvgIpc) is 2.69. The van der Waals surface area contributed by atoms with Gasteiger partial charge in [-0.1, -0.05) is 20.3 Å². The van der Waals surface area contributed by atoms with E-state index in [0.717, 1.165) is 18.5 Å². The van der Waals surface area contributed by atoms with Crippen LogP contribution in [0.4, 0.5) is 0 Å². The van der Waals surface area contributed by atoms with Crippen LogP contribution < -0.4 is 5.32 Å². The van der Waals surface area contributed by atoms with Gasteiger partial charge in [0.2, 0.25) is 0 Å². The minimum absolute atomic E-state index is 0.257. The molecule has 0 saturated carbocycles. The van der Waals surface area contributed by atoms with Gasteiger partial charge in [-0.3, -0.25) is 0 Å². The summed E-state index contributed by atoms with van der Waals surface area (Å²) in [7, 11) is 0. The van der Waals surface area contributed by atoms with Gasteiger partial charge >= 0.3 is 0 Å². The molecule has 1 rings (SSSR count). The van der Waals surface area contributed by atoms with Crippen molar-refractivity contribution in [1.82, 2.24) is 5.32 Å². The zero-order chi connectivity index (χ0) is 10.4. The standard InChI is InChI=1S/C11H19NO2/c1-3-9(2)11(13)7-12-6-10-4-5-14-8-10/h4-5,8-9,11-13H,3,6-7H2,1-2H3. The van der Waals surface area contributed by atoms with Crippen LogP contribution in [0.5, 0.6) is 0 Å². The molecule has 0 aromatic carbocycles. The van der Waals surface area contributed by atoms with Crippen LogP contribution in [0.1, 0.15) is 25.8 Å². The Kier molecular flexibility index (Phi) is 4.70. The first-order chi connectivity index (χ1) is 6.74. The first kappa shape index (κ1) is 11.3. The summed E-state index contributed by atoms with van der Waals surface area (Å²) in [6.07, 6.45) is 4.12. The van der Waals surface area contributed by atoms with E-state index in [-0.39, 0.29) is 6.10 Å². The summed E-state index contributed by atoms with van der Waals surface area (Å²) in [6, 6.07) is 1.92. The van der Waals surface area contributed by atoms with Crippen molar-refractivity contribution in [2.75, 3.05) is 6.54 Å². The minimum atomic E-state index is -0.257. The van der Waals surface area contributed by atoms with Crippen LogP contribution in [0.3, 0.4) is 0 Å². The molecule has 1 aromatic rings. The van der Waals surface area contributed by atoms with E-state index in [1.807, 2.05) is 6.07 Å². The van der Waals surface area contributed by atoms with Gasteiger partial charge in [-0.15, -0.1) is 0 Å². The van der Waals surface area contributed by atoms with Crippen molar-refractivity contribution < 1.29 is 9.52 Å². The van der Waals surface area contributed by atoms with Gasteiger partial charge in [0.1, 0.15) is 0 Å². The third kappa shape index (κ3) is 3.52. The van der Waals surface area contributed by atoms with E-state index in [9.17, 15) is 5.11 Å². The maximum absolute atomic E-state index is 9.66. The Hall–Kier alpha value is -0.800. The third-order valence-corrected chi connectivity index (χ3v) is 2.56. The number of furan rings is 1. The molecule has 3 heteroatoms. The molecule has 1 heterocycles. The number of aliphatic hydroxyl groups excluding tert-OH is 1. The second-order valence-electron chi connectivity index (χ2n) is 3.72. The van der Waals surface area contributed by atoms with Gasteiger partial charge < -0.3 is 14.8 Å². The van der Waals surface area contributed by atoms with E-state index in [1.54, 1.807) is 12.5 Å². The number of aliphatic hydroxyl groups is 1. The lowest BCUT2D eigenvalue weighted by Crippen LogP contribution is -2.31. The van der Waals surface area contributed by atoms with Gasteiger partial charge in [-0.2, -0.15) is 0 Å². The first-order valence-corrected chi connectivity index (χ1v) is 5.14. The van der Waals surface area contributed by atoms with Crippen LogP contribution in [-0.2, 0) is 6.54 Å². The van der Waals surface area contributed by atoms with Gasteiger partial charge in [0.15, 0.2) is 0 Å². The highest BCUT2D eigenvalue weighted by Crippen LogP contribution is 2.06. The molecule has 0 bridgehead atoms. The fourth-order valence-electron chi connectivity index (χ4n) is 1.23. The largest absolute Gasteiger partial charge is 0.472 e. The molecule has 0 aliphatic rings. The van der Waals surface area contributed by atoms with E-state index < -0.39 is 0 Å². The highest BCUT2D eigenvalue weighted by Gasteiger charge is 2.10. The SMILES string of the molecule is CCC(C)C(O)CNCc1ccoc1. The van der Waals surface area contributed by atoms with Crippen LogP contribution in [0, 0.1) is 5.92 Å². The second-order valence-corrected chi connectivity index (χ2v) is 3.72. The predicted octanol–water partition coefficient (Wildman–Crippen LogP) is 1.78. The maximum atomic E-state index is 9.66. The van der Waals surface area contributed by atoms with Crippen LogP contribution >= 0.6 is 0 Å². The van der Waals surface area contributed by atoms with E-state index in [0.29, 0.717) is 12.5 Å². The number of rotatable bonds is 6. The van der Waals surface area contributed by atoms with Gasteiger partial charge in [0, 0.05) is 18.7 Å². The van der Waals surface area contributed by atoms with Crippen LogP contribution in [0.2, 0.25) is 0 Å². The normalized spacial score (nSPS) is 15.4. The fraction of sp³-hybridized carbons (Fsp3) is 0.636. The predicted molar refractivity (Wildman–Crippen MR) is 55.9 cm³/mol. The van der Waals surface area contributed by atoms with Crippen LogP contribution in [0.25, 0.3) is 0 Å². The smallest absolute Gasteiger partial charge is 0.0947 e. The van der Waals surface area contributed by atoms with Crippen molar-refractivity contribution in [3.63, 3.8) is 0 Å². The summed E-state index contributed by atoms with van der Waals surface area (Å²) in [5, 5.41) is 12.9. The van der Waals surface area contributed by atoms with Crippen molar-refractivity contribution in [3.05, 3.63) is 24.2 Å². The number of hydrogen-bond acceptors (Lipinski definition) is 3. The zero-order valence-electron chi connectivity index (χ0n) is 8.86. The van der Waals surface area contributed by atoms with Crippen LogP contribution in [0.15, 0.2) is 23.0 Å². The van der Waals surface area contributed by atoms with E-state index in [4.69, 9.17) is 4.42 Å². The molecule has 1 aromatic heterocycles. The highest BCUT2D eigenvalue weighted by molar-refractivity contribution is 5.04. The average molecular weight is 197 g/mol. The Morgan fingerprint density at radius 1 is 1.57 bits per heavy atom. The summed E-state index contributed by atoms with van der Waals surface area (Å²) in [5.74, 6) is 0.354. The molecule has 2 atom stereocenters. The lowest BCUT2D eigenvalue weighted by Gasteiger charge is -2.17. The molecule has 3 nitrogen and oxygen atoms in total. The zero-order valence-corrected chi connectivity index (χ0v) is 8.86. The Balaban J connectivity index is 2.15. The van der Waals surface area contributed by atoms with Gasteiger partial charge in [-0.05, 0) is 12.0 Å². The molecule has 2 unspecified atom stereocenters. The lowest BCUT2D eigenvalue weighted by molar-refractivity contribution is 0.113. The molecule has 0 spiro atoms.